The summed E-state index contributed by atoms with van der Waals surface area (Å²) >= 11 is 0. The van der Waals surface area contributed by atoms with E-state index in [-0.39, 0.29) is 25.4 Å². The highest BCUT2D eigenvalue weighted by atomic mass is 19.2. The predicted octanol–water partition coefficient (Wildman–Crippen LogP) is 2.93. The first-order valence-corrected chi connectivity index (χ1v) is 11.4. The molecule has 0 bridgehead atoms. The first kappa shape index (κ1) is 26.5. The van der Waals surface area contributed by atoms with E-state index in [1.807, 2.05) is 42.5 Å². The number of aromatic nitrogens is 1. The van der Waals surface area contributed by atoms with E-state index < -0.39 is 23.6 Å². The van der Waals surface area contributed by atoms with Gasteiger partial charge in [0.2, 0.25) is 11.8 Å². The molecule has 0 aliphatic rings. The fraction of sp³-hybridized carbons (Fsp3) is 0.222. The SMILES string of the molecule is CN(C/C=C/c1ccccc1)CC(=O)NC(Cc1ccc(F)c(F)c1)C(=O)NCc1ccc(N)nc1. The lowest BCUT2D eigenvalue weighted by Gasteiger charge is -2.21. The molecule has 2 aromatic carbocycles. The van der Waals surface area contributed by atoms with Crippen molar-refractivity contribution in [1.29, 1.82) is 0 Å². The smallest absolute Gasteiger partial charge is 0.243 e. The van der Waals surface area contributed by atoms with Crippen LogP contribution in [0.3, 0.4) is 0 Å². The summed E-state index contributed by atoms with van der Waals surface area (Å²) in [4.78, 5) is 31.4. The monoisotopic (exact) mass is 493 g/mol. The summed E-state index contributed by atoms with van der Waals surface area (Å²) in [5, 5.41) is 5.46. The molecule has 1 unspecified atom stereocenters. The van der Waals surface area contributed by atoms with Gasteiger partial charge in [0.1, 0.15) is 11.9 Å². The molecule has 0 spiro atoms. The van der Waals surface area contributed by atoms with Gasteiger partial charge in [-0.3, -0.25) is 14.5 Å². The third-order valence-electron chi connectivity index (χ3n) is 5.33. The number of anilines is 1. The minimum absolute atomic E-state index is 0.00755. The Kier molecular flexibility index (Phi) is 9.64. The van der Waals surface area contributed by atoms with Crippen molar-refractivity contribution >= 4 is 23.7 Å². The van der Waals surface area contributed by atoms with Crippen molar-refractivity contribution in [3.05, 3.63) is 101 Å². The molecule has 3 aromatic rings. The lowest BCUT2D eigenvalue weighted by molar-refractivity contribution is -0.129. The number of carbonyl (C=O) groups excluding carboxylic acids is 2. The minimum Gasteiger partial charge on any atom is -0.384 e. The molecule has 188 valence electrons. The van der Waals surface area contributed by atoms with E-state index >= 15 is 0 Å². The maximum Gasteiger partial charge on any atom is 0.243 e. The number of amides is 2. The second kappa shape index (κ2) is 13.1. The van der Waals surface area contributed by atoms with E-state index in [4.69, 9.17) is 5.73 Å². The Morgan fingerprint density at radius 1 is 1.06 bits per heavy atom. The normalized spacial score (nSPS) is 12.0. The molecule has 36 heavy (non-hydrogen) atoms. The average molecular weight is 494 g/mol. The standard InChI is InChI=1S/C27H29F2N5O2/c1-34(13-5-8-19-6-3-2-4-7-19)18-26(35)33-24(15-20-9-11-22(28)23(29)14-20)27(36)32-17-21-10-12-25(30)31-16-21/h2-12,14,16,24H,13,15,17-18H2,1H3,(H2,30,31)(H,32,36)(H,33,35)/b8-5+. The number of nitrogens with two attached hydrogens (primary N) is 1. The highest BCUT2D eigenvalue weighted by Crippen LogP contribution is 2.11. The summed E-state index contributed by atoms with van der Waals surface area (Å²) in [6.45, 7) is 0.732. The molecular weight excluding hydrogens is 464 g/mol. The molecule has 0 radical (unpaired) electrons. The average Bonchev–Trinajstić information content (AvgIpc) is 2.86. The van der Waals surface area contributed by atoms with Gasteiger partial charge in [0.15, 0.2) is 11.6 Å². The van der Waals surface area contributed by atoms with Gasteiger partial charge in [-0.1, -0.05) is 54.6 Å². The molecule has 1 aromatic heterocycles. The van der Waals surface area contributed by atoms with Crippen LogP contribution in [0.1, 0.15) is 16.7 Å². The first-order chi connectivity index (χ1) is 17.3. The summed E-state index contributed by atoms with van der Waals surface area (Å²) in [5.74, 6) is -2.48. The Hall–Kier alpha value is -4.11. The van der Waals surface area contributed by atoms with Gasteiger partial charge in [0.25, 0.3) is 0 Å². The number of hydrogen-bond donors (Lipinski definition) is 3. The molecule has 0 saturated heterocycles. The lowest BCUT2D eigenvalue weighted by atomic mass is 10.0. The Labute approximate surface area is 209 Å². The summed E-state index contributed by atoms with van der Waals surface area (Å²) in [5.41, 5.74) is 7.73. The number of carbonyl (C=O) groups is 2. The van der Waals surface area contributed by atoms with Crippen LogP contribution in [0.25, 0.3) is 6.08 Å². The van der Waals surface area contributed by atoms with Crippen LogP contribution in [0, 0.1) is 11.6 Å². The molecule has 0 fully saturated rings. The van der Waals surface area contributed by atoms with Gasteiger partial charge >= 0.3 is 0 Å². The highest BCUT2D eigenvalue weighted by molar-refractivity contribution is 5.88. The number of nitrogen functional groups attached to an aromatic ring is 1. The number of halogens is 2. The second-order valence-corrected chi connectivity index (χ2v) is 8.39. The number of benzene rings is 2. The summed E-state index contributed by atoms with van der Waals surface area (Å²) in [6.07, 6.45) is 5.43. The van der Waals surface area contributed by atoms with Gasteiger partial charge < -0.3 is 16.4 Å². The van der Waals surface area contributed by atoms with Crippen LogP contribution in [0.15, 0.2) is 72.9 Å². The Balaban J connectivity index is 1.61. The Morgan fingerprint density at radius 2 is 1.81 bits per heavy atom. The number of rotatable bonds is 11. The van der Waals surface area contributed by atoms with Gasteiger partial charge in [-0.05, 0) is 41.9 Å². The third-order valence-corrected chi connectivity index (χ3v) is 5.33. The van der Waals surface area contributed by atoms with Crippen LogP contribution in [-0.4, -0.2) is 47.9 Å². The van der Waals surface area contributed by atoms with Gasteiger partial charge in [-0.2, -0.15) is 0 Å². The Bertz CT molecular complexity index is 1190. The zero-order valence-electron chi connectivity index (χ0n) is 20.0. The van der Waals surface area contributed by atoms with Crippen molar-refractivity contribution in [2.75, 3.05) is 25.9 Å². The number of nitrogens with one attached hydrogen (secondary N) is 2. The summed E-state index contributed by atoms with van der Waals surface area (Å²) in [7, 11) is 1.79. The van der Waals surface area contributed by atoms with Gasteiger partial charge in [0, 0.05) is 25.7 Å². The molecule has 1 atom stereocenters. The van der Waals surface area contributed by atoms with E-state index in [1.54, 1.807) is 24.1 Å². The minimum atomic E-state index is -1.02. The van der Waals surface area contributed by atoms with Crippen molar-refractivity contribution in [2.45, 2.75) is 19.0 Å². The van der Waals surface area contributed by atoms with E-state index in [0.29, 0.717) is 17.9 Å². The fourth-order valence-corrected chi connectivity index (χ4v) is 3.45. The fourth-order valence-electron chi connectivity index (χ4n) is 3.45. The molecule has 9 heteroatoms. The molecule has 0 saturated carbocycles. The van der Waals surface area contributed by atoms with Crippen LogP contribution in [0.2, 0.25) is 0 Å². The molecule has 0 aliphatic heterocycles. The van der Waals surface area contributed by atoms with Gasteiger partial charge in [-0.25, -0.2) is 13.8 Å². The molecule has 2 amide bonds. The zero-order chi connectivity index (χ0) is 25.9. The molecule has 0 aliphatic carbocycles. The molecule has 7 nitrogen and oxygen atoms in total. The topological polar surface area (TPSA) is 100 Å². The van der Waals surface area contributed by atoms with Crippen LogP contribution in [0.4, 0.5) is 14.6 Å². The van der Waals surface area contributed by atoms with Crippen LogP contribution < -0.4 is 16.4 Å². The predicted molar refractivity (Wildman–Crippen MR) is 135 cm³/mol. The summed E-state index contributed by atoms with van der Waals surface area (Å²) in [6, 6.07) is 15.5. The third kappa shape index (κ3) is 8.59. The quantitative estimate of drug-likeness (QED) is 0.381. The number of likely N-dealkylation sites (N-methyl/N-ethyl adjacent to an activating group) is 1. The van der Waals surface area contributed by atoms with Gasteiger partial charge in [-0.15, -0.1) is 0 Å². The van der Waals surface area contributed by atoms with E-state index in [2.05, 4.69) is 15.6 Å². The van der Waals surface area contributed by atoms with E-state index in [9.17, 15) is 18.4 Å². The van der Waals surface area contributed by atoms with E-state index in [1.165, 1.54) is 12.3 Å². The summed E-state index contributed by atoms with van der Waals surface area (Å²) < 4.78 is 27.1. The molecule has 4 N–H and O–H groups in total. The zero-order valence-corrected chi connectivity index (χ0v) is 20.0. The number of nitrogens with zero attached hydrogens (tertiary/aromatic N) is 2. The van der Waals surface area contributed by atoms with Crippen molar-refractivity contribution in [2.24, 2.45) is 0 Å². The van der Waals surface area contributed by atoms with E-state index in [0.717, 1.165) is 23.3 Å². The van der Waals surface area contributed by atoms with Crippen molar-refractivity contribution in [3.63, 3.8) is 0 Å². The molecular formula is C27H29F2N5O2. The number of hydrogen-bond acceptors (Lipinski definition) is 5. The van der Waals surface area contributed by atoms with Crippen molar-refractivity contribution in [3.8, 4) is 0 Å². The van der Waals surface area contributed by atoms with Crippen LogP contribution in [0.5, 0.6) is 0 Å². The van der Waals surface area contributed by atoms with Crippen LogP contribution >= 0.6 is 0 Å². The molecule has 1 heterocycles. The highest BCUT2D eigenvalue weighted by Gasteiger charge is 2.22. The largest absolute Gasteiger partial charge is 0.384 e. The van der Waals surface area contributed by atoms with Crippen molar-refractivity contribution in [1.82, 2.24) is 20.5 Å². The molecule has 3 rings (SSSR count). The second-order valence-electron chi connectivity index (χ2n) is 8.39. The maximum absolute atomic E-state index is 13.7. The van der Waals surface area contributed by atoms with Gasteiger partial charge in [0.05, 0.1) is 6.54 Å². The first-order valence-electron chi connectivity index (χ1n) is 11.4. The lowest BCUT2D eigenvalue weighted by Crippen LogP contribution is -2.50. The van der Waals surface area contributed by atoms with Crippen molar-refractivity contribution < 1.29 is 18.4 Å². The number of pyridine rings is 1. The Morgan fingerprint density at radius 3 is 2.50 bits per heavy atom. The van der Waals surface area contributed by atoms with Crippen LogP contribution in [-0.2, 0) is 22.6 Å². The maximum atomic E-state index is 13.7.